The van der Waals surface area contributed by atoms with Crippen molar-refractivity contribution in [3.8, 4) is 11.4 Å². The van der Waals surface area contributed by atoms with Crippen LogP contribution in [0.2, 0.25) is 5.02 Å². The zero-order chi connectivity index (χ0) is 21.4. The fourth-order valence-corrected chi connectivity index (χ4v) is 3.97. The summed E-state index contributed by atoms with van der Waals surface area (Å²) in [6.07, 6.45) is 3.89. The Balaban J connectivity index is 1.68. The van der Waals surface area contributed by atoms with Crippen LogP contribution >= 0.6 is 11.6 Å². The molecule has 4 rings (SSSR count). The molecule has 0 bridgehead atoms. The Labute approximate surface area is 177 Å². The molecule has 3 heterocycles. The smallest absolute Gasteiger partial charge is 0.272 e. The van der Waals surface area contributed by atoms with Crippen LogP contribution in [0.1, 0.15) is 40.4 Å². The second-order valence-electron chi connectivity index (χ2n) is 6.92. The van der Waals surface area contributed by atoms with Gasteiger partial charge in [0.1, 0.15) is 22.2 Å². The van der Waals surface area contributed by atoms with Gasteiger partial charge in [0, 0.05) is 18.3 Å². The Morgan fingerprint density at radius 3 is 3.00 bits per heavy atom. The normalized spacial score (nSPS) is 15.7. The molecule has 1 aliphatic heterocycles. The first-order valence-corrected chi connectivity index (χ1v) is 9.82. The van der Waals surface area contributed by atoms with Crippen molar-refractivity contribution in [2.45, 2.75) is 26.0 Å². The maximum Gasteiger partial charge on any atom is 0.272 e. The third-order valence-corrected chi connectivity index (χ3v) is 5.54. The number of rotatable bonds is 5. The highest BCUT2D eigenvalue weighted by Crippen LogP contribution is 2.35. The van der Waals surface area contributed by atoms with Crippen molar-refractivity contribution in [2.24, 2.45) is 7.05 Å². The van der Waals surface area contributed by atoms with E-state index in [0.717, 1.165) is 11.3 Å². The number of nitrogens with zero attached hydrogens (tertiary/aromatic N) is 4. The maximum absolute atomic E-state index is 14.6. The minimum atomic E-state index is -0.543. The molecule has 0 fully saturated rings. The number of aromatic nitrogens is 4. The Bertz CT molecular complexity index is 1110. The molecule has 1 aromatic carbocycles. The van der Waals surface area contributed by atoms with Crippen molar-refractivity contribution in [1.29, 1.82) is 0 Å². The van der Waals surface area contributed by atoms with E-state index in [1.807, 2.05) is 18.5 Å². The van der Waals surface area contributed by atoms with Crippen LogP contribution < -0.4 is 10.1 Å². The number of hydrogen-bond donors (Lipinski definition) is 1. The van der Waals surface area contributed by atoms with Gasteiger partial charge in [-0.2, -0.15) is 5.10 Å². The summed E-state index contributed by atoms with van der Waals surface area (Å²) in [4.78, 5) is 17.0. The highest BCUT2D eigenvalue weighted by Gasteiger charge is 2.30. The molecule has 1 atom stereocenters. The predicted molar refractivity (Wildman–Crippen MR) is 108 cm³/mol. The molecule has 0 saturated heterocycles. The lowest BCUT2D eigenvalue weighted by atomic mass is 10.1. The quantitative estimate of drug-likeness (QED) is 0.668. The van der Waals surface area contributed by atoms with Crippen molar-refractivity contribution in [3.05, 3.63) is 58.1 Å². The first-order chi connectivity index (χ1) is 14.5. The van der Waals surface area contributed by atoms with Crippen LogP contribution in [0, 0.1) is 5.82 Å². The molecule has 0 saturated carbocycles. The summed E-state index contributed by atoms with van der Waals surface area (Å²) in [7, 11) is 3.30. The molecule has 1 aliphatic rings. The molecule has 0 radical (unpaired) electrons. The highest BCUT2D eigenvalue weighted by molar-refractivity contribution is 6.33. The molecule has 1 unspecified atom stereocenters. The zero-order valence-corrected chi connectivity index (χ0v) is 17.5. The van der Waals surface area contributed by atoms with Crippen LogP contribution in [0.5, 0.6) is 5.75 Å². The summed E-state index contributed by atoms with van der Waals surface area (Å²) < 4.78 is 28.7. The number of amides is 1. The lowest BCUT2D eigenvalue weighted by Crippen LogP contribution is -2.35. The Hall–Kier alpha value is -2.91. The summed E-state index contributed by atoms with van der Waals surface area (Å²) in [5, 5.41) is 7.38. The fourth-order valence-electron chi connectivity index (χ4n) is 3.66. The molecular formula is C20H21ClFN5O3. The van der Waals surface area contributed by atoms with Gasteiger partial charge in [0.25, 0.3) is 5.91 Å². The van der Waals surface area contributed by atoms with Crippen molar-refractivity contribution in [1.82, 2.24) is 24.6 Å². The molecule has 10 heteroatoms. The lowest BCUT2D eigenvalue weighted by Gasteiger charge is -2.24. The third-order valence-electron chi connectivity index (χ3n) is 5.18. The minimum absolute atomic E-state index is 0.0749. The molecule has 30 heavy (non-hydrogen) atoms. The number of hydrogen-bond acceptors (Lipinski definition) is 5. The van der Waals surface area contributed by atoms with Crippen molar-refractivity contribution in [2.75, 3.05) is 13.7 Å². The van der Waals surface area contributed by atoms with Crippen LogP contribution in [0.15, 0.2) is 24.7 Å². The molecule has 0 aliphatic carbocycles. The third kappa shape index (κ3) is 3.33. The van der Waals surface area contributed by atoms with Crippen LogP contribution in [0.25, 0.3) is 5.69 Å². The van der Waals surface area contributed by atoms with Crippen LogP contribution in [0.3, 0.4) is 0 Å². The molecule has 8 nitrogen and oxygen atoms in total. The fraction of sp³-hybridized carbons (Fsp3) is 0.350. The van der Waals surface area contributed by atoms with Gasteiger partial charge in [0.2, 0.25) is 0 Å². The second kappa shape index (κ2) is 8.08. The van der Waals surface area contributed by atoms with E-state index in [1.165, 1.54) is 23.9 Å². The first kappa shape index (κ1) is 20.4. The first-order valence-electron chi connectivity index (χ1n) is 9.44. The number of ether oxygens (including phenoxy) is 2. The average Bonchev–Trinajstić information content (AvgIpc) is 3.32. The average molecular weight is 434 g/mol. The number of imidazole rings is 1. The minimum Gasteiger partial charge on any atom is -0.495 e. The summed E-state index contributed by atoms with van der Waals surface area (Å²) in [6.45, 7) is 2.44. The number of methoxy groups -OCH3 is 1. The Morgan fingerprint density at radius 1 is 1.47 bits per heavy atom. The number of carbonyl (C=O) groups excluding carboxylic acids is 1. The molecule has 1 amide bonds. The largest absolute Gasteiger partial charge is 0.495 e. The van der Waals surface area contributed by atoms with E-state index in [0.29, 0.717) is 23.6 Å². The van der Waals surface area contributed by atoms with E-state index in [4.69, 9.17) is 21.1 Å². The molecule has 1 N–H and O–H groups in total. The van der Waals surface area contributed by atoms with Gasteiger partial charge in [0.15, 0.2) is 5.82 Å². The molecule has 158 valence electrons. The highest BCUT2D eigenvalue weighted by atomic mass is 35.5. The summed E-state index contributed by atoms with van der Waals surface area (Å²) in [6, 6.07) is 2.27. The summed E-state index contributed by atoms with van der Waals surface area (Å²) in [5.74, 6) is -0.507. The number of benzene rings is 1. The van der Waals surface area contributed by atoms with E-state index in [1.54, 1.807) is 12.5 Å². The number of carbonyl (C=O) groups is 1. The van der Waals surface area contributed by atoms with Gasteiger partial charge in [-0.05, 0) is 18.6 Å². The maximum atomic E-state index is 14.6. The number of aryl methyl sites for hydroxylation is 1. The van der Waals surface area contributed by atoms with Crippen LogP contribution in [-0.4, -0.2) is 39.0 Å². The van der Waals surface area contributed by atoms with Gasteiger partial charge in [-0.15, -0.1) is 0 Å². The summed E-state index contributed by atoms with van der Waals surface area (Å²) in [5.41, 5.74) is 2.64. The number of fused-ring (bicyclic) bond motifs is 1. The van der Waals surface area contributed by atoms with E-state index >= 15 is 0 Å². The van der Waals surface area contributed by atoms with Gasteiger partial charge < -0.3 is 19.4 Å². The standard InChI is InChI=1S/C20H21ClFN5O3/c1-4-14-18(23-10-26(14)2)20(28)25-13-8-30-9-15-11(13)7-24-27(15)19-12(22)5-6-16(29-3)17(19)21/h5-7,10,13H,4,8-9H2,1-3H3,(H,25,28). The van der Waals surface area contributed by atoms with Crippen molar-refractivity contribution >= 4 is 17.5 Å². The Kier molecular flexibility index (Phi) is 5.48. The molecule has 2 aromatic heterocycles. The second-order valence-corrected chi connectivity index (χ2v) is 7.29. The molecule has 3 aromatic rings. The van der Waals surface area contributed by atoms with Gasteiger partial charge >= 0.3 is 0 Å². The van der Waals surface area contributed by atoms with E-state index < -0.39 is 11.9 Å². The predicted octanol–water partition coefficient (Wildman–Crippen LogP) is 2.97. The monoisotopic (exact) mass is 433 g/mol. The van der Waals surface area contributed by atoms with Gasteiger partial charge in [-0.1, -0.05) is 18.5 Å². The van der Waals surface area contributed by atoms with Crippen molar-refractivity contribution in [3.63, 3.8) is 0 Å². The number of nitrogens with one attached hydrogen (secondary N) is 1. The molecule has 0 spiro atoms. The molecular weight excluding hydrogens is 413 g/mol. The van der Waals surface area contributed by atoms with E-state index in [9.17, 15) is 9.18 Å². The lowest BCUT2D eigenvalue weighted by molar-refractivity contribution is 0.0683. The summed E-state index contributed by atoms with van der Waals surface area (Å²) >= 11 is 6.34. The Morgan fingerprint density at radius 2 is 2.27 bits per heavy atom. The van der Waals surface area contributed by atoms with Crippen LogP contribution in [0.4, 0.5) is 4.39 Å². The SMILES string of the molecule is CCc1c(C(=O)NC2COCc3c2cnn3-c2c(F)ccc(OC)c2Cl)ncn1C. The van der Waals surface area contributed by atoms with Gasteiger partial charge in [-0.25, -0.2) is 14.1 Å². The van der Waals surface area contributed by atoms with E-state index in [-0.39, 0.29) is 29.8 Å². The topological polar surface area (TPSA) is 83.2 Å². The van der Waals surface area contributed by atoms with Gasteiger partial charge in [-0.3, -0.25) is 4.79 Å². The zero-order valence-electron chi connectivity index (χ0n) is 16.8. The van der Waals surface area contributed by atoms with Gasteiger partial charge in [0.05, 0.1) is 44.6 Å². The van der Waals surface area contributed by atoms with Crippen molar-refractivity contribution < 1.29 is 18.7 Å². The number of halogens is 2. The van der Waals surface area contributed by atoms with E-state index in [2.05, 4.69) is 15.4 Å². The van der Waals surface area contributed by atoms with Crippen LogP contribution in [-0.2, 0) is 24.8 Å².